The van der Waals surface area contributed by atoms with Gasteiger partial charge in [-0.2, -0.15) is 0 Å². The first-order valence-electron chi connectivity index (χ1n) is 11.0. The Labute approximate surface area is 201 Å². The number of nitrogens with one attached hydrogen (secondary N) is 1. The minimum atomic E-state index is -0.139. The average Bonchev–Trinajstić information content (AvgIpc) is 3.30. The Morgan fingerprint density at radius 2 is 1.88 bits per heavy atom. The summed E-state index contributed by atoms with van der Waals surface area (Å²) in [7, 11) is 3.16. The second kappa shape index (κ2) is 10.6. The number of benzene rings is 2. The fourth-order valence-corrected chi connectivity index (χ4v) is 4.49. The van der Waals surface area contributed by atoms with E-state index in [9.17, 15) is 9.59 Å². The lowest BCUT2D eigenvalue weighted by atomic mass is 10.2. The lowest BCUT2D eigenvalue weighted by Crippen LogP contribution is -2.25. The van der Waals surface area contributed by atoms with Gasteiger partial charge in [0.1, 0.15) is 0 Å². The Hall–Kier alpha value is -3.53. The van der Waals surface area contributed by atoms with Crippen LogP contribution in [0.2, 0.25) is 0 Å². The Morgan fingerprint density at radius 1 is 1.09 bits per heavy atom. The summed E-state index contributed by atoms with van der Waals surface area (Å²) >= 11 is 1.28. The van der Waals surface area contributed by atoms with Crippen LogP contribution in [0.4, 0.5) is 0 Å². The van der Waals surface area contributed by atoms with E-state index in [1.807, 2.05) is 40.8 Å². The number of carbonyl (C=O) groups excluding carboxylic acids is 1. The number of ether oxygens (including phenoxy) is 2. The molecule has 0 atom stereocenters. The van der Waals surface area contributed by atoms with Crippen molar-refractivity contribution < 1.29 is 14.3 Å². The first kappa shape index (κ1) is 23.6. The monoisotopic (exact) mass is 481 g/mol. The molecule has 0 bridgehead atoms. The number of fused-ring (bicyclic) bond motifs is 3. The maximum Gasteiger partial charge on any atom is 0.262 e. The van der Waals surface area contributed by atoms with E-state index >= 15 is 0 Å². The number of nitrogens with zero attached hydrogens (tertiary/aromatic N) is 4. The number of rotatable bonds is 10. The summed E-state index contributed by atoms with van der Waals surface area (Å²) in [4.78, 5) is 25.6. The Bertz CT molecular complexity index is 1380. The van der Waals surface area contributed by atoms with Gasteiger partial charge in [0, 0.05) is 13.1 Å². The zero-order valence-electron chi connectivity index (χ0n) is 19.4. The molecule has 0 saturated carbocycles. The maximum atomic E-state index is 13.0. The number of aromatic nitrogens is 4. The van der Waals surface area contributed by atoms with Gasteiger partial charge in [-0.1, -0.05) is 43.3 Å². The molecule has 1 amide bonds. The van der Waals surface area contributed by atoms with Gasteiger partial charge in [-0.05, 0) is 36.2 Å². The van der Waals surface area contributed by atoms with Crippen LogP contribution in [0.3, 0.4) is 0 Å². The fourth-order valence-electron chi connectivity index (χ4n) is 3.72. The van der Waals surface area contributed by atoms with Gasteiger partial charge in [-0.25, -0.2) is 0 Å². The molecule has 0 aliphatic carbocycles. The van der Waals surface area contributed by atoms with E-state index in [1.165, 1.54) is 11.8 Å². The highest BCUT2D eigenvalue weighted by molar-refractivity contribution is 7.99. The number of methoxy groups -OCH3 is 2. The second-order valence-electron chi connectivity index (χ2n) is 7.70. The SMILES string of the molecule is CCCCn1c(=O)c2ccccc2n2c(SCC(=O)NCc3ccc(OC)c(OC)c3)nnc12. The van der Waals surface area contributed by atoms with Gasteiger partial charge in [-0.15, -0.1) is 10.2 Å². The molecule has 2 aromatic heterocycles. The topological polar surface area (TPSA) is 99.8 Å². The number of thioether (sulfide) groups is 1. The average molecular weight is 482 g/mol. The van der Waals surface area contributed by atoms with E-state index < -0.39 is 0 Å². The molecular weight excluding hydrogens is 454 g/mol. The molecule has 4 aromatic rings. The van der Waals surface area contributed by atoms with Crippen LogP contribution >= 0.6 is 11.8 Å². The van der Waals surface area contributed by atoms with Crippen LogP contribution in [0.25, 0.3) is 16.7 Å². The molecule has 9 nitrogen and oxygen atoms in total. The number of aryl methyl sites for hydroxylation is 1. The van der Waals surface area contributed by atoms with Crippen molar-refractivity contribution in [2.75, 3.05) is 20.0 Å². The molecule has 1 N–H and O–H groups in total. The Morgan fingerprint density at radius 3 is 2.65 bits per heavy atom. The maximum absolute atomic E-state index is 13.0. The number of unbranched alkanes of at least 4 members (excludes halogenated alkanes) is 1. The van der Waals surface area contributed by atoms with E-state index in [1.54, 1.807) is 24.9 Å². The van der Waals surface area contributed by atoms with Gasteiger partial charge < -0.3 is 14.8 Å². The first-order chi connectivity index (χ1) is 16.6. The molecule has 0 unspecified atom stereocenters. The van der Waals surface area contributed by atoms with Crippen molar-refractivity contribution in [3.8, 4) is 11.5 Å². The van der Waals surface area contributed by atoms with Crippen LogP contribution in [0.1, 0.15) is 25.3 Å². The van der Waals surface area contributed by atoms with Crippen LogP contribution < -0.4 is 20.3 Å². The number of amides is 1. The molecule has 34 heavy (non-hydrogen) atoms. The standard InChI is InChI=1S/C24H27N5O4S/c1-4-5-12-28-22(31)17-8-6-7-9-18(17)29-23(28)26-27-24(29)34-15-21(30)25-14-16-10-11-19(32-2)20(13-16)33-3/h6-11,13H,4-5,12,14-15H2,1-3H3,(H,25,30). The largest absolute Gasteiger partial charge is 0.493 e. The second-order valence-corrected chi connectivity index (χ2v) is 8.64. The van der Waals surface area contributed by atoms with Crippen LogP contribution in [-0.4, -0.2) is 45.0 Å². The van der Waals surface area contributed by atoms with Crippen molar-refractivity contribution in [1.29, 1.82) is 0 Å². The van der Waals surface area contributed by atoms with Crippen LogP contribution in [0, 0.1) is 0 Å². The summed E-state index contributed by atoms with van der Waals surface area (Å²) in [5.74, 6) is 1.76. The molecule has 0 fully saturated rings. The molecule has 4 rings (SSSR count). The summed E-state index contributed by atoms with van der Waals surface area (Å²) in [6, 6.07) is 12.9. The predicted octanol–water partition coefficient (Wildman–Crippen LogP) is 3.27. The van der Waals surface area contributed by atoms with E-state index in [0.717, 1.165) is 23.9 Å². The summed E-state index contributed by atoms with van der Waals surface area (Å²) in [5.41, 5.74) is 1.55. The van der Waals surface area contributed by atoms with Crippen molar-refractivity contribution in [3.63, 3.8) is 0 Å². The van der Waals surface area contributed by atoms with Crippen molar-refractivity contribution in [2.45, 2.75) is 38.0 Å². The van der Waals surface area contributed by atoms with E-state index in [0.29, 0.717) is 40.9 Å². The molecule has 10 heteroatoms. The van der Waals surface area contributed by atoms with E-state index in [-0.39, 0.29) is 17.2 Å². The number of hydrogen-bond donors (Lipinski definition) is 1. The normalized spacial score (nSPS) is 11.1. The molecule has 0 spiro atoms. The Kier molecular flexibility index (Phi) is 7.36. The highest BCUT2D eigenvalue weighted by atomic mass is 32.2. The zero-order chi connectivity index (χ0) is 24.1. The predicted molar refractivity (Wildman–Crippen MR) is 132 cm³/mol. The van der Waals surface area contributed by atoms with Crippen LogP contribution in [0.15, 0.2) is 52.4 Å². The highest BCUT2D eigenvalue weighted by Crippen LogP contribution is 2.27. The molecule has 0 saturated heterocycles. The lowest BCUT2D eigenvalue weighted by molar-refractivity contribution is -0.118. The highest BCUT2D eigenvalue weighted by Gasteiger charge is 2.17. The minimum Gasteiger partial charge on any atom is -0.493 e. The third-order valence-corrected chi connectivity index (χ3v) is 6.41. The molecule has 2 heterocycles. The smallest absolute Gasteiger partial charge is 0.262 e. The van der Waals surface area contributed by atoms with Gasteiger partial charge >= 0.3 is 0 Å². The third kappa shape index (κ3) is 4.72. The summed E-state index contributed by atoms with van der Waals surface area (Å²) in [6.45, 7) is 3.01. The molecular formula is C24H27N5O4S. The van der Waals surface area contributed by atoms with Gasteiger partial charge in [-0.3, -0.25) is 18.6 Å². The molecule has 0 radical (unpaired) electrons. The summed E-state index contributed by atoms with van der Waals surface area (Å²) < 4.78 is 14.1. The van der Waals surface area contributed by atoms with E-state index in [4.69, 9.17) is 9.47 Å². The molecule has 0 aliphatic rings. The van der Waals surface area contributed by atoms with Crippen LogP contribution in [0.5, 0.6) is 11.5 Å². The van der Waals surface area contributed by atoms with E-state index in [2.05, 4.69) is 22.4 Å². The molecule has 178 valence electrons. The van der Waals surface area contributed by atoms with Crippen molar-refractivity contribution in [3.05, 3.63) is 58.4 Å². The third-order valence-electron chi connectivity index (χ3n) is 5.48. The molecule has 0 aliphatic heterocycles. The summed E-state index contributed by atoms with van der Waals surface area (Å²) in [5, 5.41) is 12.7. The fraction of sp³-hybridized carbons (Fsp3) is 0.333. The van der Waals surface area contributed by atoms with Gasteiger partial charge in [0.15, 0.2) is 16.7 Å². The van der Waals surface area contributed by atoms with Crippen molar-refractivity contribution in [1.82, 2.24) is 24.5 Å². The Balaban J connectivity index is 1.52. The minimum absolute atomic E-state index is 0.0758. The summed E-state index contributed by atoms with van der Waals surface area (Å²) in [6.07, 6.45) is 1.82. The lowest BCUT2D eigenvalue weighted by Gasteiger charge is -2.11. The van der Waals surface area contributed by atoms with Crippen molar-refractivity contribution >= 4 is 34.3 Å². The van der Waals surface area contributed by atoms with Crippen LogP contribution in [-0.2, 0) is 17.9 Å². The van der Waals surface area contributed by atoms with Gasteiger partial charge in [0.25, 0.3) is 5.56 Å². The van der Waals surface area contributed by atoms with Crippen molar-refractivity contribution in [2.24, 2.45) is 0 Å². The van der Waals surface area contributed by atoms with Gasteiger partial charge in [0.05, 0.1) is 30.9 Å². The zero-order valence-corrected chi connectivity index (χ0v) is 20.2. The first-order valence-corrected chi connectivity index (χ1v) is 12.0. The number of hydrogen-bond acceptors (Lipinski definition) is 7. The number of carbonyl (C=O) groups is 1. The quantitative estimate of drug-likeness (QED) is 0.347. The number of para-hydroxylation sites is 1. The van der Waals surface area contributed by atoms with Gasteiger partial charge in [0.2, 0.25) is 11.7 Å². The molecule has 2 aromatic carbocycles.